The summed E-state index contributed by atoms with van der Waals surface area (Å²) >= 11 is 0. The van der Waals surface area contributed by atoms with Gasteiger partial charge in [0.15, 0.2) is 17.1 Å². The van der Waals surface area contributed by atoms with E-state index in [1.54, 1.807) is 55.4 Å². The van der Waals surface area contributed by atoms with Gasteiger partial charge in [0.25, 0.3) is 5.91 Å². The lowest BCUT2D eigenvalue weighted by atomic mass is 9.57. The van der Waals surface area contributed by atoms with E-state index < -0.39 is 69.8 Å². The Morgan fingerprint density at radius 2 is 1.67 bits per heavy atom. The van der Waals surface area contributed by atoms with Gasteiger partial charge in [0.1, 0.15) is 17.1 Å². The Kier molecular flexibility index (Phi) is 7.19. The number of rotatable bonds is 5. The van der Waals surface area contributed by atoms with Crippen LogP contribution in [0.2, 0.25) is 0 Å². The minimum Gasteiger partial charge on any atom is -0.508 e. The molecule has 13 nitrogen and oxygen atoms in total. The van der Waals surface area contributed by atoms with E-state index in [0.717, 1.165) is 0 Å². The van der Waals surface area contributed by atoms with Crippen LogP contribution < -0.4 is 21.3 Å². The van der Waals surface area contributed by atoms with Crippen molar-refractivity contribution in [2.45, 2.75) is 24.5 Å². The summed E-state index contributed by atoms with van der Waals surface area (Å²) in [4.78, 5) is 55.4. The second-order valence-corrected chi connectivity index (χ2v) is 11.4. The molecular formula is C30H33N5O8. The van der Waals surface area contributed by atoms with E-state index in [4.69, 9.17) is 5.73 Å². The number of amides is 3. The largest absolute Gasteiger partial charge is 0.508 e. The first kappa shape index (κ1) is 29.6. The molecule has 2 aromatic carbocycles. The number of ketones is 2. The second-order valence-electron chi connectivity index (χ2n) is 11.4. The number of hydrogen-bond donors (Lipinski definition) is 7. The van der Waals surface area contributed by atoms with Crippen molar-refractivity contribution >= 4 is 46.3 Å². The lowest BCUT2D eigenvalue weighted by molar-refractivity contribution is -0.153. The van der Waals surface area contributed by atoms with Crippen molar-refractivity contribution in [1.82, 2.24) is 4.90 Å². The number of hydrogen-bond acceptors (Lipinski definition) is 10. The quantitative estimate of drug-likeness (QED) is 0.198. The molecule has 1 fully saturated rings. The van der Waals surface area contributed by atoms with Crippen molar-refractivity contribution in [3.63, 3.8) is 0 Å². The van der Waals surface area contributed by atoms with Gasteiger partial charge in [0.05, 0.1) is 17.3 Å². The molecule has 8 N–H and O–H groups in total. The predicted molar refractivity (Wildman–Crippen MR) is 158 cm³/mol. The summed E-state index contributed by atoms with van der Waals surface area (Å²) in [5, 5.41) is 50.9. The number of phenols is 1. The zero-order valence-corrected chi connectivity index (χ0v) is 24.0. The first-order valence-corrected chi connectivity index (χ1v) is 13.5. The number of aliphatic hydroxyl groups excluding tert-OH is 2. The fourth-order valence-corrected chi connectivity index (χ4v) is 6.59. The van der Waals surface area contributed by atoms with Crippen molar-refractivity contribution in [2.75, 3.05) is 43.7 Å². The number of benzene rings is 2. The maximum Gasteiger partial charge on any atom is 0.323 e. The van der Waals surface area contributed by atoms with Crippen LogP contribution in [-0.4, -0.2) is 88.7 Å². The topological polar surface area (TPSA) is 206 Å². The Morgan fingerprint density at radius 1 is 1.02 bits per heavy atom. The van der Waals surface area contributed by atoms with Crippen LogP contribution in [-0.2, 0) is 20.8 Å². The van der Waals surface area contributed by atoms with Gasteiger partial charge in [-0.05, 0) is 56.6 Å². The third-order valence-electron chi connectivity index (χ3n) is 8.46. The number of nitrogens with two attached hydrogens (primary N) is 1. The molecule has 0 heterocycles. The number of aromatic hydroxyl groups is 1. The Balaban J connectivity index is 1.65. The number of Topliss-reactive ketones (excluding diaryl/α,β-unsaturated/α-hetero) is 2. The van der Waals surface area contributed by atoms with Crippen molar-refractivity contribution in [3.8, 4) is 5.75 Å². The Labute approximate surface area is 246 Å². The summed E-state index contributed by atoms with van der Waals surface area (Å²) in [7, 11) is 6.55. The van der Waals surface area contributed by atoms with E-state index in [-0.39, 0.29) is 29.7 Å². The number of urea groups is 1. The molecule has 3 aliphatic carbocycles. The van der Waals surface area contributed by atoms with Gasteiger partial charge in [-0.25, -0.2) is 4.79 Å². The smallest absolute Gasteiger partial charge is 0.323 e. The van der Waals surface area contributed by atoms with Crippen LogP contribution in [0.3, 0.4) is 0 Å². The molecule has 1 unspecified atom stereocenters. The van der Waals surface area contributed by atoms with Crippen LogP contribution >= 0.6 is 0 Å². The summed E-state index contributed by atoms with van der Waals surface area (Å²) < 4.78 is 0. The molecule has 5 rings (SSSR count). The number of carbonyl (C=O) groups is 4. The molecule has 2 aromatic rings. The molecule has 0 spiro atoms. The molecular weight excluding hydrogens is 558 g/mol. The van der Waals surface area contributed by atoms with Crippen LogP contribution in [0.5, 0.6) is 5.75 Å². The Hall–Kier alpha value is -4.88. The standard InChI is InChI=1S/C30H33N5O8/c1-34(2)18-12-17(33-29(42)32-14-8-6-5-7-9-14)23(36)20-15(18)10-13-11-16-22(35(3)4)25(38)21(28(31)41)27(40)30(16,43)26(39)19(13)24(20)37/h5-9,12-13,16,22,36-37,40,43H,10-11H2,1-4H3,(H2,31,41)(H2,32,33,42)/t13-,16-,22?,30-/m1/s1. The fraction of sp³-hybridized carbons (Fsp3) is 0.333. The predicted octanol–water partition coefficient (Wildman–Crippen LogP) is 1.67. The first-order valence-electron chi connectivity index (χ1n) is 13.5. The highest BCUT2D eigenvalue weighted by atomic mass is 16.3. The van der Waals surface area contributed by atoms with E-state index in [9.17, 15) is 39.6 Å². The average Bonchev–Trinajstić information content (AvgIpc) is 2.92. The fourth-order valence-electron chi connectivity index (χ4n) is 6.59. The number of anilines is 3. The summed E-state index contributed by atoms with van der Waals surface area (Å²) in [5.41, 5.74) is 2.79. The SMILES string of the molecule is CN(C)c1cc(NC(=O)Nc2ccccc2)c(O)c2c1C[C@@H]1C[C@@H]3C(N(C)C)C(=O)C(C(N)=O)=C(O)[C@]3(O)C(=O)C1=C2O. The highest BCUT2D eigenvalue weighted by molar-refractivity contribution is 6.24. The Bertz CT molecular complexity index is 1630. The van der Waals surface area contributed by atoms with Gasteiger partial charge < -0.3 is 41.7 Å². The van der Waals surface area contributed by atoms with Gasteiger partial charge in [-0.1, -0.05) is 18.2 Å². The summed E-state index contributed by atoms with van der Waals surface area (Å²) in [6.07, 6.45) is 0.0883. The molecule has 0 radical (unpaired) electrons. The van der Waals surface area contributed by atoms with Crippen molar-refractivity contribution < 1.29 is 39.6 Å². The maximum absolute atomic E-state index is 14.1. The van der Waals surface area contributed by atoms with E-state index >= 15 is 0 Å². The van der Waals surface area contributed by atoms with Crippen LogP contribution in [0.4, 0.5) is 21.9 Å². The summed E-state index contributed by atoms with van der Waals surface area (Å²) in [6, 6.07) is 8.30. The van der Waals surface area contributed by atoms with Crippen molar-refractivity contribution in [1.29, 1.82) is 0 Å². The molecule has 226 valence electrons. The Morgan fingerprint density at radius 3 is 2.26 bits per heavy atom. The van der Waals surface area contributed by atoms with Crippen molar-refractivity contribution in [2.24, 2.45) is 17.6 Å². The third-order valence-corrected chi connectivity index (χ3v) is 8.46. The molecule has 43 heavy (non-hydrogen) atoms. The van der Waals surface area contributed by atoms with Gasteiger partial charge in [-0.2, -0.15) is 0 Å². The number of primary amides is 1. The monoisotopic (exact) mass is 591 g/mol. The van der Waals surface area contributed by atoms with Gasteiger partial charge >= 0.3 is 6.03 Å². The minimum absolute atomic E-state index is 0.0289. The van der Waals surface area contributed by atoms with Crippen molar-refractivity contribution in [3.05, 3.63) is 64.4 Å². The number of phenolic OH excluding ortho intramolecular Hbond substituents is 1. The molecule has 4 atom stereocenters. The first-order chi connectivity index (χ1) is 20.2. The number of fused-ring (bicyclic) bond motifs is 3. The molecule has 0 bridgehead atoms. The number of nitrogens with one attached hydrogen (secondary N) is 2. The van der Waals surface area contributed by atoms with Crippen LogP contribution in [0.25, 0.3) is 5.76 Å². The molecule has 0 aliphatic heterocycles. The molecule has 1 saturated carbocycles. The molecule has 13 heteroatoms. The van der Waals surface area contributed by atoms with E-state index in [2.05, 4.69) is 10.6 Å². The number of para-hydroxylation sites is 1. The highest BCUT2D eigenvalue weighted by Gasteiger charge is 2.64. The summed E-state index contributed by atoms with van der Waals surface area (Å²) in [5.74, 6) is -7.45. The van der Waals surface area contributed by atoms with Gasteiger partial charge in [0.2, 0.25) is 5.78 Å². The lowest BCUT2D eigenvalue weighted by Crippen LogP contribution is -2.65. The van der Waals surface area contributed by atoms with Crippen LogP contribution in [0.15, 0.2) is 53.3 Å². The molecule has 0 aromatic heterocycles. The summed E-state index contributed by atoms with van der Waals surface area (Å²) in [6.45, 7) is 0. The van der Waals surface area contributed by atoms with E-state index in [1.165, 1.54) is 19.0 Å². The zero-order valence-electron chi connectivity index (χ0n) is 24.0. The van der Waals surface area contributed by atoms with Crippen LogP contribution in [0.1, 0.15) is 17.5 Å². The van der Waals surface area contributed by atoms with Gasteiger partial charge in [-0.3, -0.25) is 19.3 Å². The van der Waals surface area contributed by atoms with Crippen LogP contribution in [0, 0.1) is 11.8 Å². The third kappa shape index (κ3) is 4.48. The van der Waals surface area contributed by atoms with E-state index in [1.807, 2.05) is 0 Å². The maximum atomic E-state index is 14.1. The molecule has 3 aliphatic rings. The number of likely N-dealkylation sites (N-methyl/N-ethyl adjacent to an activating group) is 1. The average molecular weight is 592 g/mol. The minimum atomic E-state index is -2.74. The zero-order chi connectivity index (χ0) is 31.5. The highest BCUT2D eigenvalue weighted by Crippen LogP contribution is 2.54. The van der Waals surface area contributed by atoms with Gasteiger partial charge in [-0.15, -0.1) is 0 Å². The number of nitrogens with zero attached hydrogens (tertiary/aromatic N) is 2. The number of aliphatic hydroxyl groups is 3. The molecule has 0 saturated heterocycles. The van der Waals surface area contributed by atoms with E-state index in [0.29, 0.717) is 16.9 Å². The second kappa shape index (κ2) is 10.4. The molecule has 3 amide bonds. The lowest BCUT2D eigenvalue weighted by Gasteiger charge is -2.50. The van der Waals surface area contributed by atoms with Gasteiger partial charge in [0, 0.05) is 37.0 Å². The number of carbonyl (C=O) groups excluding carboxylic acids is 4. The normalized spacial score (nSPS) is 24.7.